The average molecular weight is 291 g/mol. The van der Waals surface area contributed by atoms with Crippen molar-refractivity contribution < 1.29 is 0 Å². The molecule has 2 nitrogen and oxygen atoms in total. The van der Waals surface area contributed by atoms with E-state index in [4.69, 9.17) is 11.6 Å². The van der Waals surface area contributed by atoms with Crippen LogP contribution in [-0.4, -0.2) is 11.0 Å². The van der Waals surface area contributed by atoms with Crippen LogP contribution in [0.1, 0.15) is 45.1 Å². The Labute approximate surface area is 125 Å². The summed E-state index contributed by atoms with van der Waals surface area (Å²) in [5, 5.41) is 5.83. The van der Waals surface area contributed by atoms with Gasteiger partial charge in [0.2, 0.25) is 0 Å². The Kier molecular flexibility index (Phi) is 3.78. The van der Waals surface area contributed by atoms with Crippen LogP contribution in [0.3, 0.4) is 0 Å². The molecule has 1 unspecified atom stereocenters. The van der Waals surface area contributed by atoms with Crippen LogP contribution >= 0.6 is 11.6 Å². The van der Waals surface area contributed by atoms with Gasteiger partial charge in [-0.05, 0) is 36.0 Å². The second-order valence-corrected chi connectivity index (χ2v) is 7.11. The summed E-state index contributed by atoms with van der Waals surface area (Å²) in [5.74, 6) is 0. The van der Waals surface area contributed by atoms with Crippen molar-refractivity contribution in [1.82, 2.24) is 10.3 Å². The van der Waals surface area contributed by atoms with Gasteiger partial charge in [0.15, 0.2) is 0 Å². The van der Waals surface area contributed by atoms with Crippen molar-refractivity contribution in [2.75, 3.05) is 0 Å². The third-order valence-electron chi connectivity index (χ3n) is 4.78. The molecule has 1 aliphatic rings. The lowest BCUT2D eigenvalue weighted by atomic mass is 9.73. The summed E-state index contributed by atoms with van der Waals surface area (Å²) in [4.78, 5) is 3.31. The minimum atomic E-state index is 0.410. The molecule has 1 saturated carbocycles. The molecule has 3 heteroatoms. The van der Waals surface area contributed by atoms with Crippen molar-refractivity contribution in [2.45, 2.75) is 52.1 Å². The second kappa shape index (κ2) is 5.42. The van der Waals surface area contributed by atoms with E-state index in [0.29, 0.717) is 11.5 Å². The van der Waals surface area contributed by atoms with Crippen LogP contribution in [0.15, 0.2) is 24.4 Å². The third kappa shape index (κ3) is 2.72. The molecule has 1 fully saturated rings. The van der Waals surface area contributed by atoms with Crippen LogP contribution in [0.4, 0.5) is 0 Å². The topological polar surface area (TPSA) is 27.8 Å². The zero-order valence-corrected chi connectivity index (χ0v) is 13.1. The van der Waals surface area contributed by atoms with Crippen LogP contribution < -0.4 is 5.32 Å². The first kappa shape index (κ1) is 14.0. The lowest BCUT2D eigenvalue weighted by Gasteiger charge is -2.39. The third-order valence-corrected chi connectivity index (χ3v) is 5.01. The van der Waals surface area contributed by atoms with E-state index in [0.717, 1.165) is 17.1 Å². The highest BCUT2D eigenvalue weighted by atomic mass is 35.5. The largest absolute Gasteiger partial charge is 0.361 e. The molecule has 3 rings (SSSR count). The van der Waals surface area contributed by atoms with E-state index in [-0.39, 0.29) is 0 Å². The Bertz CT molecular complexity index is 600. The predicted molar refractivity (Wildman–Crippen MR) is 86.2 cm³/mol. The van der Waals surface area contributed by atoms with Gasteiger partial charge < -0.3 is 10.3 Å². The summed E-state index contributed by atoms with van der Waals surface area (Å²) < 4.78 is 0. The molecule has 1 aromatic carbocycles. The summed E-state index contributed by atoms with van der Waals surface area (Å²) in [7, 11) is 0. The molecule has 1 aliphatic carbocycles. The molecule has 0 spiro atoms. The van der Waals surface area contributed by atoms with Gasteiger partial charge in [0.25, 0.3) is 0 Å². The first-order valence-corrected chi connectivity index (χ1v) is 7.93. The van der Waals surface area contributed by atoms with Gasteiger partial charge in [-0.1, -0.05) is 44.4 Å². The van der Waals surface area contributed by atoms with Crippen molar-refractivity contribution in [3.8, 4) is 0 Å². The number of hydrogen-bond acceptors (Lipinski definition) is 1. The van der Waals surface area contributed by atoms with Crippen LogP contribution in [0.25, 0.3) is 10.9 Å². The van der Waals surface area contributed by atoms with E-state index in [1.165, 1.54) is 36.6 Å². The maximum atomic E-state index is 6.03. The molecule has 2 N–H and O–H groups in total. The Morgan fingerprint density at radius 1 is 1.35 bits per heavy atom. The number of H-pyrrole nitrogens is 1. The molecule has 0 radical (unpaired) electrons. The first-order chi connectivity index (χ1) is 9.56. The zero-order chi connectivity index (χ0) is 14.2. The fraction of sp³-hybridized carbons (Fsp3) is 0.529. The molecule has 1 atom stereocenters. The van der Waals surface area contributed by atoms with Gasteiger partial charge >= 0.3 is 0 Å². The first-order valence-electron chi connectivity index (χ1n) is 7.55. The number of aromatic nitrogens is 1. The molecule has 2 aromatic rings. The van der Waals surface area contributed by atoms with E-state index < -0.39 is 0 Å². The lowest BCUT2D eigenvalue weighted by molar-refractivity contribution is 0.167. The number of hydrogen-bond donors (Lipinski definition) is 2. The molecule has 0 bridgehead atoms. The highest BCUT2D eigenvalue weighted by Crippen LogP contribution is 2.35. The van der Waals surface area contributed by atoms with E-state index >= 15 is 0 Å². The minimum absolute atomic E-state index is 0.410. The summed E-state index contributed by atoms with van der Waals surface area (Å²) in [5.41, 5.74) is 2.86. The number of benzene rings is 1. The Balaban J connectivity index is 1.73. The predicted octanol–water partition coefficient (Wildman–Crippen LogP) is 4.88. The quantitative estimate of drug-likeness (QED) is 0.828. The number of rotatable bonds is 3. The second-order valence-electron chi connectivity index (χ2n) is 6.67. The van der Waals surface area contributed by atoms with Crippen LogP contribution in [-0.2, 0) is 6.54 Å². The molecule has 1 aromatic heterocycles. The van der Waals surface area contributed by atoms with Gasteiger partial charge in [0, 0.05) is 34.7 Å². The average Bonchev–Trinajstić information content (AvgIpc) is 2.79. The van der Waals surface area contributed by atoms with Gasteiger partial charge in [0.05, 0.1) is 0 Å². The highest BCUT2D eigenvalue weighted by Gasteiger charge is 2.31. The Morgan fingerprint density at radius 3 is 3.00 bits per heavy atom. The van der Waals surface area contributed by atoms with Crippen molar-refractivity contribution in [3.05, 3.63) is 35.0 Å². The normalized spacial score (nSPS) is 22.2. The zero-order valence-electron chi connectivity index (χ0n) is 12.3. The maximum Gasteiger partial charge on any atom is 0.0472 e. The molecule has 1 heterocycles. The van der Waals surface area contributed by atoms with Crippen molar-refractivity contribution in [1.29, 1.82) is 0 Å². The molecule has 0 amide bonds. The molecular weight excluding hydrogens is 268 g/mol. The molecule has 108 valence electrons. The summed E-state index contributed by atoms with van der Waals surface area (Å²) in [6, 6.07) is 6.68. The van der Waals surface area contributed by atoms with Crippen LogP contribution in [0.2, 0.25) is 5.02 Å². The van der Waals surface area contributed by atoms with Crippen LogP contribution in [0, 0.1) is 5.41 Å². The number of halogens is 1. The maximum absolute atomic E-state index is 6.03. The SMILES string of the molecule is CC1(C)CCCCC1NCc1c[nH]c2cc(Cl)ccc12. The van der Waals surface area contributed by atoms with Gasteiger partial charge in [-0.3, -0.25) is 0 Å². The molecule has 0 saturated heterocycles. The number of aromatic amines is 1. The fourth-order valence-electron chi connectivity index (χ4n) is 3.41. The van der Waals surface area contributed by atoms with E-state index in [9.17, 15) is 0 Å². The Hall–Kier alpha value is -0.990. The molecule has 20 heavy (non-hydrogen) atoms. The highest BCUT2D eigenvalue weighted by molar-refractivity contribution is 6.31. The smallest absolute Gasteiger partial charge is 0.0472 e. The fourth-order valence-corrected chi connectivity index (χ4v) is 3.58. The number of nitrogens with one attached hydrogen (secondary N) is 2. The van der Waals surface area contributed by atoms with Crippen LogP contribution in [0.5, 0.6) is 0 Å². The summed E-state index contributed by atoms with van der Waals surface area (Å²) in [6.07, 6.45) is 7.44. The monoisotopic (exact) mass is 290 g/mol. The van der Waals surface area contributed by atoms with Crippen molar-refractivity contribution in [2.24, 2.45) is 5.41 Å². The molecular formula is C17H23ClN2. The van der Waals surface area contributed by atoms with Gasteiger partial charge in [0.1, 0.15) is 0 Å². The molecule has 0 aliphatic heterocycles. The van der Waals surface area contributed by atoms with E-state index in [1.54, 1.807) is 0 Å². The van der Waals surface area contributed by atoms with E-state index in [1.807, 2.05) is 12.1 Å². The van der Waals surface area contributed by atoms with Crippen molar-refractivity contribution >= 4 is 22.5 Å². The van der Waals surface area contributed by atoms with Gasteiger partial charge in [-0.15, -0.1) is 0 Å². The van der Waals surface area contributed by atoms with Gasteiger partial charge in [-0.25, -0.2) is 0 Å². The van der Waals surface area contributed by atoms with E-state index in [2.05, 4.69) is 36.4 Å². The minimum Gasteiger partial charge on any atom is -0.361 e. The summed E-state index contributed by atoms with van der Waals surface area (Å²) in [6.45, 7) is 5.70. The summed E-state index contributed by atoms with van der Waals surface area (Å²) >= 11 is 6.03. The van der Waals surface area contributed by atoms with Crippen molar-refractivity contribution in [3.63, 3.8) is 0 Å². The van der Waals surface area contributed by atoms with Gasteiger partial charge in [-0.2, -0.15) is 0 Å². The standard InChI is InChI=1S/C17H23ClN2/c1-17(2)8-4-3-5-16(17)20-11-12-10-19-15-9-13(18)6-7-14(12)15/h6-7,9-10,16,19-20H,3-5,8,11H2,1-2H3. The lowest BCUT2D eigenvalue weighted by Crippen LogP contribution is -2.43. The number of fused-ring (bicyclic) bond motifs is 1. The Morgan fingerprint density at radius 2 is 2.20 bits per heavy atom.